The Balaban J connectivity index is 0.000000208. The first-order valence-corrected chi connectivity index (χ1v) is 20.1. The van der Waals surface area contributed by atoms with Gasteiger partial charge in [-0.05, 0) is 78.9 Å². The number of halogens is 2. The van der Waals surface area contributed by atoms with E-state index >= 15 is 0 Å². The Bertz CT molecular complexity index is 1670. The van der Waals surface area contributed by atoms with Crippen LogP contribution in [0.2, 0.25) is 0 Å². The van der Waals surface area contributed by atoms with E-state index in [0.29, 0.717) is 0 Å². The number of hydrogen-bond donors (Lipinski definition) is 0. The van der Waals surface area contributed by atoms with Gasteiger partial charge in [-0.2, -0.15) is 0 Å². The third-order valence-electron chi connectivity index (χ3n) is 7.34. The summed E-state index contributed by atoms with van der Waals surface area (Å²) < 4.78 is 0. The van der Waals surface area contributed by atoms with Crippen molar-refractivity contribution in [3.63, 3.8) is 0 Å². The zero-order valence-electron chi connectivity index (χ0n) is 27.8. The van der Waals surface area contributed by atoms with Crippen LogP contribution < -0.4 is 42.4 Å². The molecule has 0 heterocycles. The van der Waals surface area contributed by atoms with E-state index in [2.05, 4.69) is 182 Å². The Kier molecular flexibility index (Phi) is 19.9. The van der Waals surface area contributed by atoms with E-state index in [-0.39, 0.29) is 27.7 Å². The molecule has 7 heteroatoms. The topological polar surface area (TPSA) is 40.1 Å². The molecule has 0 saturated carbocycles. The van der Waals surface area contributed by atoms with Crippen LogP contribution >= 0.6 is 39.0 Å². The Morgan fingerprint density at radius 2 is 0.529 bits per heavy atom. The molecule has 0 aliphatic carbocycles. The van der Waals surface area contributed by atoms with Crippen molar-refractivity contribution in [1.82, 2.24) is 0 Å². The SMILES string of the molecule is ClCCl.O=c1cccccc1[O-].[Ag+].c1ccc([PH+](c2ccccc2)c2ccccc2)cc1.c1ccc([PH+](c2ccccc2)c2ccccc2)cc1. The number of benzene rings is 6. The van der Waals surface area contributed by atoms with Gasteiger partial charge in [0.05, 0.1) is 21.2 Å². The minimum atomic E-state index is -0.877. The first kappa shape index (κ1) is 41.6. The van der Waals surface area contributed by atoms with E-state index in [0.717, 1.165) is 0 Å². The summed E-state index contributed by atoms with van der Waals surface area (Å²) in [5.74, 6) is -0.458. The molecular formula is C44H39AgCl2O2P2+2. The second kappa shape index (κ2) is 24.4. The summed E-state index contributed by atoms with van der Waals surface area (Å²) in [5.41, 5.74) is -0.458. The first-order valence-electron chi connectivity index (χ1n) is 16.1. The van der Waals surface area contributed by atoms with Gasteiger partial charge in [0.1, 0.15) is 31.8 Å². The molecule has 0 radical (unpaired) electrons. The predicted molar refractivity (Wildman–Crippen MR) is 222 cm³/mol. The minimum absolute atomic E-state index is 0. The zero-order valence-corrected chi connectivity index (χ0v) is 32.8. The van der Waals surface area contributed by atoms with Gasteiger partial charge in [0.15, 0.2) is 5.43 Å². The van der Waals surface area contributed by atoms with Crippen LogP contribution in [0.4, 0.5) is 0 Å². The van der Waals surface area contributed by atoms with Crippen LogP contribution in [0.1, 0.15) is 0 Å². The molecule has 7 aromatic rings. The third kappa shape index (κ3) is 14.0. The molecule has 260 valence electrons. The van der Waals surface area contributed by atoms with Crippen LogP contribution in [0.15, 0.2) is 217 Å². The standard InChI is InChI=1S/2C18H15P.C7H6O2.CH2Cl2.Ag/c2*1-4-10-16(11-5-1)19(17-12-6-2-7-13-17)18-14-8-3-9-15-18;8-6-4-2-1-3-5-7(6)9;2-1-3;/h2*1-15H;1-5H,(H,8,9);1H2;/q;;;;+1/p+1. The summed E-state index contributed by atoms with van der Waals surface area (Å²) in [7, 11) is -1.75. The molecule has 51 heavy (non-hydrogen) atoms. The summed E-state index contributed by atoms with van der Waals surface area (Å²) in [5, 5.41) is 19.3. The summed E-state index contributed by atoms with van der Waals surface area (Å²) in [6, 6.07) is 72.2. The Morgan fingerprint density at radius 1 is 0.353 bits per heavy atom. The number of rotatable bonds is 6. The third-order valence-corrected chi connectivity index (χ3v) is 12.8. The summed E-state index contributed by atoms with van der Waals surface area (Å²) >= 11 is 9.53. The van der Waals surface area contributed by atoms with Gasteiger partial charge in [0.25, 0.3) is 0 Å². The van der Waals surface area contributed by atoms with Gasteiger partial charge in [-0.15, -0.1) is 23.2 Å². The molecule has 2 nitrogen and oxygen atoms in total. The molecule has 7 rings (SSSR count). The van der Waals surface area contributed by atoms with E-state index in [1.54, 1.807) is 18.2 Å². The van der Waals surface area contributed by atoms with Crippen molar-refractivity contribution in [2.45, 2.75) is 0 Å². The summed E-state index contributed by atoms with van der Waals surface area (Å²) in [4.78, 5) is 10.5. The van der Waals surface area contributed by atoms with Crippen LogP contribution in [-0.4, -0.2) is 5.34 Å². The Morgan fingerprint density at radius 3 is 0.745 bits per heavy atom. The number of alkyl halides is 2. The normalized spacial score (nSPS) is 9.80. The van der Waals surface area contributed by atoms with Gasteiger partial charge in [0, 0.05) is 0 Å². The van der Waals surface area contributed by atoms with Gasteiger partial charge < -0.3 is 5.11 Å². The fraction of sp³-hybridized carbons (Fsp3) is 0.0227. The van der Waals surface area contributed by atoms with Gasteiger partial charge >= 0.3 is 22.4 Å². The van der Waals surface area contributed by atoms with E-state index in [1.807, 2.05) is 0 Å². The fourth-order valence-corrected chi connectivity index (χ4v) is 10.3. The molecule has 0 N–H and O–H groups in total. The van der Waals surface area contributed by atoms with Crippen molar-refractivity contribution in [2.75, 3.05) is 5.34 Å². The van der Waals surface area contributed by atoms with E-state index in [4.69, 9.17) is 23.2 Å². The monoisotopic (exact) mass is 838 g/mol. The Hall–Kier alpha value is -3.81. The van der Waals surface area contributed by atoms with Gasteiger partial charge in [-0.1, -0.05) is 139 Å². The number of hydrogen-bond acceptors (Lipinski definition) is 2. The molecule has 0 aliphatic heterocycles. The quantitative estimate of drug-likeness (QED) is 0.0972. The molecule has 0 fully saturated rings. The van der Waals surface area contributed by atoms with Gasteiger partial charge in [-0.25, -0.2) is 0 Å². The van der Waals surface area contributed by atoms with E-state index in [1.165, 1.54) is 44.0 Å². The van der Waals surface area contributed by atoms with Crippen molar-refractivity contribution in [1.29, 1.82) is 0 Å². The maximum atomic E-state index is 10.5. The smallest absolute Gasteiger partial charge is 0.870 e. The zero-order chi connectivity index (χ0) is 35.2. The molecule has 7 aromatic carbocycles. The predicted octanol–water partition coefficient (Wildman–Crippen LogP) is 7.89. The fourth-order valence-electron chi connectivity index (χ4n) is 5.14. The summed E-state index contributed by atoms with van der Waals surface area (Å²) in [6.45, 7) is 0. The molecule has 0 amide bonds. The first-order chi connectivity index (χ1) is 24.6. The van der Waals surface area contributed by atoms with Crippen LogP contribution in [-0.2, 0) is 22.4 Å². The molecule has 0 atom stereocenters. The summed E-state index contributed by atoms with van der Waals surface area (Å²) in [6.07, 6.45) is 0. The van der Waals surface area contributed by atoms with Crippen LogP contribution in [0.3, 0.4) is 0 Å². The Labute approximate surface area is 329 Å². The molecular weight excluding hydrogens is 801 g/mol. The largest absolute Gasteiger partial charge is 1.00 e. The van der Waals surface area contributed by atoms with Crippen LogP contribution in [0.25, 0.3) is 0 Å². The van der Waals surface area contributed by atoms with E-state index < -0.39 is 27.0 Å². The van der Waals surface area contributed by atoms with Gasteiger partial charge in [-0.3, -0.25) is 4.79 Å². The maximum Gasteiger partial charge on any atom is 1.00 e. The maximum absolute atomic E-state index is 10.5. The molecule has 0 aromatic heterocycles. The molecule has 0 spiro atoms. The van der Waals surface area contributed by atoms with Crippen molar-refractivity contribution >= 4 is 70.9 Å². The van der Waals surface area contributed by atoms with Crippen molar-refractivity contribution in [3.05, 3.63) is 223 Å². The second-order valence-corrected chi connectivity index (χ2v) is 16.5. The van der Waals surface area contributed by atoms with Gasteiger partial charge in [0.2, 0.25) is 0 Å². The molecule has 0 saturated heterocycles. The average molecular weight is 841 g/mol. The average Bonchev–Trinajstić information content (AvgIpc) is 3.37. The molecule has 0 aliphatic rings. The molecule has 0 unspecified atom stereocenters. The van der Waals surface area contributed by atoms with Crippen molar-refractivity contribution < 1.29 is 27.5 Å². The van der Waals surface area contributed by atoms with Crippen molar-refractivity contribution in [3.8, 4) is 5.75 Å². The minimum Gasteiger partial charge on any atom is -0.870 e. The second-order valence-electron chi connectivity index (χ2n) is 10.7. The van der Waals surface area contributed by atoms with E-state index in [9.17, 15) is 9.90 Å². The van der Waals surface area contributed by atoms with Crippen molar-refractivity contribution in [2.24, 2.45) is 0 Å². The molecule has 0 bridgehead atoms. The van der Waals surface area contributed by atoms with Crippen LogP contribution in [0.5, 0.6) is 5.75 Å². The van der Waals surface area contributed by atoms with Crippen LogP contribution in [0, 0.1) is 0 Å².